The van der Waals surface area contributed by atoms with Crippen LogP contribution >= 0.6 is 12.6 Å². The van der Waals surface area contributed by atoms with Crippen LogP contribution in [-0.2, 0) is 7.05 Å². The lowest BCUT2D eigenvalue weighted by Crippen LogP contribution is -2.42. The number of carbonyl (C=O) groups excluding carboxylic acids is 1. The molecule has 0 atom stereocenters. The monoisotopic (exact) mass is 490 g/mol. The van der Waals surface area contributed by atoms with Gasteiger partial charge in [-0.05, 0) is 36.8 Å². The van der Waals surface area contributed by atoms with Crippen molar-refractivity contribution in [1.82, 2.24) is 15.2 Å². The number of aromatic nitrogens is 2. The molecule has 0 unspecified atom stereocenters. The van der Waals surface area contributed by atoms with Gasteiger partial charge in [0.25, 0.3) is 5.91 Å². The highest BCUT2D eigenvalue weighted by Crippen LogP contribution is 2.17. The minimum Gasteiger partial charge on any atom is -0.369 e. The molecule has 0 spiro atoms. The van der Waals surface area contributed by atoms with Crippen molar-refractivity contribution >= 4 is 30.3 Å². The average Bonchev–Trinajstić information content (AvgIpc) is 3.09. The van der Waals surface area contributed by atoms with Crippen LogP contribution in [-0.4, -0.2) is 54.3 Å². The van der Waals surface area contributed by atoms with E-state index in [2.05, 4.69) is 69.7 Å². The van der Waals surface area contributed by atoms with E-state index in [-0.39, 0.29) is 0 Å². The van der Waals surface area contributed by atoms with E-state index >= 15 is 0 Å². The molecule has 1 aliphatic heterocycles. The number of nitrogens with one attached hydrogen (secondary N) is 3. The van der Waals surface area contributed by atoms with Crippen LogP contribution < -0.4 is 26.3 Å². The number of rotatable bonds is 8. The van der Waals surface area contributed by atoms with Crippen molar-refractivity contribution in [3.63, 3.8) is 0 Å². The van der Waals surface area contributed by atoms with E-state index < -0.39 is 5.91 Å². The van der Waals surface area contributed by atoms with Gasteiger partial charge in [0.05, 0.1) is 18.9 Å². The number of thiol groups is 1. The van der Waals surface area contributed by atoms with Crippen molar-refractivity contribution in [2.45, 2.75) is 47.0 Å². The molecule has 2 heterocycles. The first-order valence-corrected chi connectivity index (χ1v) is 13.0. The molecule has 1 amide bonds. The molecule has 9 heteroatoms. The Morgan fingerprint density at radius 2 is 1.91 bits per heavy atom. The fourth-order valence-corrected chi connectivity index (χ4v) is 3.37. The fourth-order valence-electron chi connectivity index (χ4n) is 3.37. The number of piperazine rings is 1. The zero-order valence-corrected chi connectivity index (χ0v) is 22.4. The topological polar surface area (TPSA) is 99.2 Å². The number of unbranched alkanes of at least 4 members (excludes halogenated alkanes) is 1. The smallest absolute Gasteiger partial charge is 0.369 e. The molecule has 3 rings (SSSR count). The van der Waals surface area contributed by atoms with Crippen LogP contribution in [0, 0.1) is 0 Å². The molecule has 0 bridgehead atoms. The molecule has 0 saturated carbocycles. The Labute approximate surface area is 211 Å². The Bertz CT molecular complexity index is 846. The van der Waals surface area contributed by atoms with Gasteiger partial charge in [-0.2, -0.15) is 12.6 Å². The molecule has 1 aromatic rings. The molecule has 1 aromatic heterocycles. The number of hydrogen-bond donors (Lipinski definition) is 5. The van der Waals surface area contributed by atoms with E-state index in [1.54, 1.807) is 10.8 Å². The van der Waals surface area contributed by atoms with E-state index in [0.717, 1.165) is 63.4 Å². The predicted octanol–water partition coefficient (Wildman–Crippen LogP) is 3.22. The van der Waals surface area contributed by atoms with Crippen molar-refractivity contribution in [3.05, 3.63) is 47.5 Å². The number of anilines is 2. The molecule has 5 N–H and O–H groups in total. The summed E-state index contributed by atoms with van der Waals surface area (Å²) in [4.78, 5) is 18.8. The maximum atomic E-state index is 11.8. The number of amides is 1. The lowest BCUT2D eigenvalue weighted by Gasteiger charge is -2.30. The summed E-state index contributed by atoms with van der Waals surface area (Å²) in [5.74, 6) is 1.62. The molecule has 8 nitrogen and oxygen atoms in total. The summed E-state index contributed by atoms with van der Waals surface area (Å²) < 4.78 is 1.79. The Kier molecular flexibility index (Phi) is 14.8. The summed E-state index contributed by atoms with van der Waals surface area (Å²) in [6.07, 6.45) is 13.2. The van der Waals surface area contributed by atoms with Gasteiger partial charge in [0.15, 0.2) is 0 Å². The van der Waals surface area contributed by atoms with Crippen LogP contribution in [0.1, 0.15) is 57.3 Å². The number of aryl methyl sites for hydroxylation is 1. The zero-order valence-electron chi connectivity index (χ0n) is 21.5. The number of carbonyl (C=O) groups is 1. The molecule has 1 aliphatic carbocycles. The number of nitrogens with two attached hydrogens (primary N) is 1. The number of nitrogens with zero attached hydrogens (tertiary/aromatic N) is 3. The van der Waals surface area contributed by atoms with Gasteiger partial charge in [-0.3, -0.25) is 4.79 Å². The molecule has 1 saturated heterocycles. The summed E-state index contributed by atoms with van der Waals surface area (Å²) in [6, 6.07) is 0. The minimum absolute atomic E-state index is 0.391. The van der Waals surface area contributed by atoms with Crippen LogP contribution in [0.5, 0.6) is 0 Å². The SMILES string of the molecule is CC.CCCCNc1nc(NC2=CCC=C(N3CCNCC3)C=C2)[n+](C)cc1C(N)=O.CCS. The molecule has 1 fully saturated rings. The summed E-state index contributed by atoms with van der Waals surface area (Å²) >= 11 is 3.79. The van der Waals surface area contributed by atoms with Gasteiger partial charge in [0.1, 0.15) is 5.56 Å². The van der Waals surface area contributed by atoms with Crippen LogP contribution in [0.2, 0.25) is 0 Å². The third kappa shape index (κ3) is 9.77. The molecule has 190 valence electrons. The lowest BCUT2D eigenvalue weighted by atomic mass is 10.2. The highest BCUT2D eigenvalue weighted by atomic mass is 32.1. The van der Waals surface area contributed by atoms with E-state index in [1.165, 1.54) is 5.70 Å². The van der Waals surface area contributed by atoms with Crippen LogP contribution in [0.4, 0.5) is 11.8 Å². The molecule has 0 aromatic carbocycles. The normalized spacial score (nSPS) is 14.9. The van der Waals surface area contributed by atoms with Gasteiger partial charge in [-0.15, -0.1) is 0 Å². The van der Waals surface area contributed by atoms with E-state index in [4.69, 9.17) is 5.73 Å². The highest BCUT2D eigenvalue weighted by molar-refractivity contribution is 7.80. The zero-order chi connectivity index (χ0) is 25.3. The van der Waals surface area contributed by atoms with E-state index in [0.29, 0.717) is 17.3 Å². The second-order valence-corrected chi connectivity index (χ2v) is 8.25. The van der Waals surface area contributed by atoms with Gasteiger partial charge in [0, 0.05) is 38.4 Å². The molecular formula is C25H44N7OS+. The molecule has 0 radical (unpaired) electrons. The highest BCUT2D eigenvalue weighted by Gasteiger charge is 2.21. The molecule has 34 heavy (non-hydrogen) atoms. The predicted molar refractivity (Wildman–Crippen MR) is 146 cm³/mol. The van der Waals surface area contributed by atoms with Crippen LogP contribution in [0.25, 0.3) is 0 Å². The summed E-state index contributed by atoms with van der Waals surface area (Å²) in [5, 5.41) is 10.0. The van der Waals surface area contributed by atoms with E-state index in [9.17, 15) is 4.79 Å². The van der Waals surface area contributed by atoms with Crippen molar-refractivity contribution in [3.8, 4) is 0 Å². The first kappa shape index (κ1) is 29.5. The largest absolute Gasteiger partial charge is 0.398 e. The van der Waals surface area contributed by atoms with Crippen LogP contribution in [0.15, 0.2) is 41.9 Å². The van der Waals surface area contributed by atoms with Crippen molar-refractivity contribution < 1.29 is 9.36 Å². The van der Waals surface area contributed by atoms with Crippen molar-refractivity contribution in [1.29, 1.82) is 0 Å². The Hall–Kier alpha value is -2.52. The molecular weight excluding hydrogens is 446 g/mol. The maximum absolute atomic E-state index is 11.8. The Morgan fingerprint density at radius 1 is 1.24 bits per heavy atom. The van der Waals surface area contributed by atoms with E-state index in [1.807, 2.05) is 27.8 Å². The van der Waals surface area contributed by atoms with Crippen LogP contribution in [0.3, 0.4) is 0 Å². The second-order valence-electron chi connectivity index (χ2n) is 7.62. The van der Waals surface area contributed by atoms with Gasteiger partial charge >= 0.3 is 5.95 Å². The Balaban J connectivity index is 0.00000107. The summed E-state index contributed by atoms with van der Waals surface area (Å²) in [6.45, 7) is 12.9. The second kappa shape index (κ2) is 17.0. The maximum Gasteiger partial charge on any atom is 0.398 e. The lowest BCUT2D eigenvalue weighted by molar-refractivity contribution is -0.659. The first-order valence-electron chi connectivity index (χ1n) is 12.4. The van der Waals surface area contributed by atoms with Gasteiger partial charge in [0.2, 0.25) is 5.82 Å². The Morgan fingerprint density at radius 3 is 2.53 bits per heavy atom. The first-order chi connectivity index (χ1) is 16.5. The summed E-state index contributed by atoms with van der Waals surface area (Å²) in [5.41, 5.74) is 8.15. The third-order valence-corrected chi connectivity index (χ3v) is 5.05. The molecule has 2 aliphatic rings. The number of primary amides is 1. The minimum atomic E-state index is -0.489. The van der Waals surface area contributed by atoms with Gasteiger partial charge in [-0.25, -0.2) is 9.88 Å². The fraction of sp³-hybridized carbons (Fsp3) is 0.560. The summed E-state index contributed by atoms with van der Waals surface area (Å²) in [7, 11) is 1.85. The van der Waals surface area contributed by atoms with Crippen molar-refractivity contribution in [2.24, 2.45) is 12.8 Å². The quantitative estimate of drug-likeness (QED) is 0.218. The standard InChI is InChI=1S/C21H31N7O.C2H6S.C2H6/c1-3-4-10-24-20-18(19(22)29)15-27(2)21(26-20)25-16-6-5-7-17(9-8-16)28-13-11-23-12-14-28;1-2-3;1-2/h6-9,15,23H,3-5,10-14H2,1-2H3,(H3,22,24,25,26,29);3H,2H2,1H3;1-2H3/p+1. The van der Waals surface area contributed by atoms with Crippen molar-refractivity contribution in [2.75, 3.05) is 49.1 Å². The average molecular weight is 491 g/mol. The van der Waals surface area contributed by atoms with Gasteiger partial charge < -0.3 is 21.3 Å². The number of hydrogen-bond acceptors (Lipinski definition) is 7. The number of allylic oxidation sites excluding steroid dienone is 4. The third-order valence-electron chi connectivity index (χ3n) is 5.05. The van der Waals surface area contributed by atoms with Gasteiger partial charge in [-0.1, -0.05) is 45.2 Å².